The first-order valence-electron chi connectivity index (χ1n) is 11.9. The lowest BCUT2D eigenvalue weighted by molar-refractivity contribution is -0.145. The van der Waals surface area contributed by atoms with Crippen LogP contribution in [0.1, 0.15) is 31.9 Å². The van der Waals surface area contributed by atoms with Crippen molar-refractivity contribution in [2.24, 2.45) is 0 Å². The maximum atomic E-state index is 12.7. The van der Waals surface area contributed by atoms with Gasteiger partial charge in [-0.25, -0.2) is 9.48 Å². The Morgan fingerprint density at radius 2 is 1.76 bits per heavy atom. The molecular formula is C27H31ClN4O5. The number of ether oxygens (including phenoxy) is 1. The predicted molar refractivity (Wildman–Crippen MR) is 141 cm³/mol. The van der Waals surface area contributed by atoms with E-state index < -0.39 is 11.7 Å². The number of nitrogens with zero attached hydrogens (tertiary/aromatic N) is 3. The van der Waals surface area contributed by atoms with Crippen LogP contribution in [0.5, 0.6) is 0 Å². The zero-order valence-corrected chi connectivity index (χ0v) is 21.9. The van der Waals surface area contributed by atoms with Gasteiger partial charge in [-0.2, -0.15) is 10.2 Å². The lowest BCUT2D eigenvalue weighted by Crippen LogP contribution is -2.38. The molecule has 1 N–H and O–H groups in total. The minimum absolute atomic E-state index is 0.183. The summed E-state index contributed by atoms with van der Waals surface area (Å²) in [6.45, 7) is 5.73. The average molecular weight is 527 g/mol. The molecule has 196 valence electrons. The molecule has 0 saturated carbocycles. The summed E-state index contributed by atoms with van der Waals surface area (Å²) in [6, 6.07) is 17.6. The Morgan fingerprint density at radius 3 is 2.43 bits per heavy atom. The van der Waals surface area contributed by atoms with E-state index in [-0.39, 0.29) is 31.2 Å². The molecule has 0 radical (unpaired) electrons. The third-order valence-electron chi connectivity index (χ3n) is 5.09. The highest BCUT2D eigenvalue weighted by Crippen LogP contribution is 2.17. The summed E-state index contributed by atoms with van der Waals surface area (Å²) in [5, 5.41) is 8.49. The molecule has 2 amide bonds. The first-order chi connectivity index (χ1) is 17.6. The van der Waals surface area contributed by atoms with Crippen LogP contribution < -0.4 is 10.9 Å². The van der Waals surface area contributed by atoms with Gasteiger partial charge in [0.1, 0.15) is 12.1 Å². The van der Waals surface area contributed by atoms with Gasteiger partial charge in [-0.05, 0) is 69.0 Å². The summed E-state index contributed by atoms with van der Waals surface area (Å²) < 4.78 is 6.58. The minimum atomic E-state index is -0.665. The lowest BCUT2D eigenvalue weighted by atomic mass is 10.1. The van der Waals surface area contributed by atoms with E-state index in [0.717, 1.165) is 15.8 Å². The number of benzene rings is 2. The Morgan fingerprint density at radius 1 is 1.03 bits per heavy atom. The van der Waals surface area contributed by atoms with E-state index in [1.165, 1.54) is 23.4 Å². The van der Waals surface area contributed by atoms with Crippen molar-refractivity contribution in [1.29, 1.82) is 0 Å². The summed E-state index contributed by atoms with van der Waals surface area (Å²) in [7, 11) is 0. The summed E-state index contributed by atoms with van der Waals surface area (Å²) in [4.78, 5) is 42.5. The number of anilines is 1. The largest absolute Gasteiger partial charge is 0.442 e. The van der Waals surface area contributed by atoms with Crippen LogP contribution in [0, 0.1) is 0 Å². The maximum Gasteiger partial charge on any atom is 0.434 e. The molecule has 37 heavy (non-hydrogen) atoms. The van der Waals surface area contributed by atoms with E-state index in [4.69, 9.17) is 21.2 Å². The van der Waals surface area contributed by atoms with E-state index in [1.807, 2.05) is 36.4 Å². The Balaban J connectivity index is 1.56. The molecular weight excluding hydrogens is 496 g/mol. The summed E-state index contributed by atoms with van der Waals surface area (Å²) >= 11 is 6.22. The average Bonchev–Trinajstić information content (AvgIpc) is 2.83. The van der Waals surface area contributed by atoms with Crippen LogP contribution in [0.25, 0.3) is 0 Å². The van der Waals surface area contributed by atoms with Crippen LogP contribution in [0.3, 0.4) is 0 Å². The summed E-state index contributed by atoms with van der Waals surface area (Å²) in [5.74, 6) is -0.364. The molecule has 0 bridgehead atoms. The Bertz CT molecular complexity index is 1250. The number of hydrogen-bond donors (Lipinski definition) is 1. The van der Waals surface area contributed by atoms with E-state index >= 15 is 0 Å². The fraction of sp³-hybridized carbons (Fsp3) is 0.333. The van der Waals surface area contributed by atoms with Crippen molar-refractivity contribution in [2.45, 2.75) is 45.8 Å². The normalized spacial score (nSPS) is 11.1. The molecule has 3 aromatic rings. The molecule has 0 unspecified atom stereocenters. The molecule has 3 rings (SSSR count). The highest BCUT2D eigenvalue weighted by molar-refractivity contribution is 6.31. The van der Waals surface area contributed by atoms with Gasteiger partial charge in [0.05, 0.1) is 13.2 Å². The monoisotopic (exact) mass is 526 g/mol. The van der Waals surface area contributed by atoms with Gasteiger partial charge in [-0.3, -0.25) is 14.4 Å². The summed E-state index contributed by atoms with van der Waals surface area (Å²) in [5.41, 5.74) is 1.43. The Labute approximate surface area is 220 Å². The molecule has 0 spiro atoms. The van der Waals surface area contributed by atoms with Crippen molar-refractivity contribution < 1.29 is 19.2 Å². The number of carbonyl (C=O) groups is 2. The Kier molecular flexibility index (Phi) is 9.82. The van der Waals surface area contributed by atoms with Gasteiger partial charge >= 0.3 is 6.09 Å². The van der Waals surface area contributed by atoms with Crippen LogP contribution in [0.2, 0.25) is 5.02 Å². The molecule has 0 atom stereocenters. The minimum Gasteiger partial charge on any atom is -0.442 e. The second-order valence-electron chi connectivity index (χ2n) is 9.27. The SMILES string of the molecule is CC(C)(C)OC(=O)N(CCc1ccc(NC(=O)Cn2ncccc2=O)cc1)OCCc1ccccc1Cl. The van der Waals surface area contributed by atoms with Crippen molar-refractivity contribution in [3.05, 3.63) is 93.4 Å². The molecule has 0 aliphatic rings. The van der Waals surface area contributed by atoms with E-state index in [0.29, 0.717) is 23.6 Å². The van der Waals surface area contributed by atoms with Crippen LogP contribution in [0.4, 0.5) is 10.5 Å². The van der Waals surface area contributed by atoms with Crippen molar-refractivity contribution in [1.82, 2.24) is 14.8 Å². The van der Waals surface area contributed by atoms with Crippen LogP contribution in [-0.4, -0.2) is 45.6 Å². The molecule has 1 aromatic heterocycles. The number of rotatable bonds is 10. The molecule has 10 heteroatoms. The smallest absolute Gasteiger partial charge is 0.434 e. The standard InChI is InChI=1S/C27H31ClN4O5/c1-27(2,3)37-26(35)32(36-18-15-21-7-4-5-8-23(21)28)17-14-20-10-12-22(13-11-20)30-24(33)19-31-25(34)9-6-16-29-31/h4-13,16H,14-15,17-19H2,1-3H3,(H,30,33). The number of hydroxylamine groups is 2. The van der Waals surface area contributed by atoms with Crippen LogP contribution >= 0.6 is 11.6 Å². The van der Waals surface area contributed by atoms with Gasteiger partial charge in [0.15, 0.2) is 0 Å². The highest BCUT2D eigenvalue weighted by Gasteiger charge is 2.23. The van der Waals surface area contributed by atoms with Gasteiger partial charge in [0.2, 0.25) is 5.91 Å². The molecule has 0 saturated heterocycles. The first kappa shape index (κ1) is 27.9. The maximum absolute atomic E-state index is 12.7. The number of nitrogens with one attached hydrogen (secondary N) is 1. The first-order valence-corrected chi connectivity index (χ1v) is 12.3. The van der Waals surface area contributed by atoms with Gasteiger partial charge in [-0.1, -0.05) is 41.9 Å². The number of aromatic nitrogens is 2. The Hall–Kier alpha value is -3.69. The van der Waals surface area contributed by atoms with Gasteiger partial charge in [-0.15, -0.1) is 0 Å². The molecule has 9 nitrogen and oxygen atoms in total. The molecule has 0 fully saturated rings. The fourth-order valence-electron chi connectivity index (χ4n) is 3.32. The van der Waals surface area contributed by atoms with Crippen molar-refractivity contribution in [2.75, 3.05) is 18.5 Å². The topological polar surface area (TPSA) is 103 Å². The van der Waals surface area contributed by atoms with Crippen molar-refractivity contribution in [3.8, 4) is 0 Å². The summed E-state index contributed by atoms with van der Waals surface area (Å²) in [6.07, 6.45) is 1.92. The molecule has 1 heterocycles. The van der Waals surface area contributed by atoms with Gasteiger partial charge in [0, 0.05) is 23.0 Å². The highest BCUT2D eigenvalue weighted by atomic mass is 35.5. The molecule has 0 aliphatic heterocycles. The second-order valence-corrected chi connectivity index (χ2v) is 9.68. The number of amides is 2. The van der Waals surface area contributed by atoms with E-state index in [1.54, 1.807) is 32.9 Å². The predicted octanol–water partition coefficient (Wildman–Crippen LogP) is 4.49. The van der Waals surface area contributed by atoms with Crippen LogP contribution in [0.15, 0.2) is 71.7 Å². The number of halogens is 1. The number of hydrogen-bond acceptors (Lipinski definition) is 6. The second kappa shape index (κ2) is 13.0. The fourth-order valence-corrected chi connectivity index (χ4v) is 3.55. The van der Waals surface area contributed by atoms with Crippen molar-refractivity contribution >= 4 is 29.3 Å². The third-order valence-corrected chi connectivity index (χ3v) is 5.46. The third kappa shape index (κ3) is 9.36. The number of carbonyl (C=O) groups excluding carboxylic acids is 2. The van der Waals surface area contributed by atoms with E-state index in [9.17, 15) is 14.4 Å². The quantitative estimate of drug-likeness (QED) is 0.390. The zero-order chi connectivity index (χ0) is 26.8. The molecule has 0 aliphatic carbocycles. The zero-order valence-electron chi connectivity index (χ0n) is 21.1. The lowest BCUT2D eigenvalue weighted by Gasteiger charge is -2.26. The van der Waals surface area contributed by atoms with Gasteiger partial charge in [0.25, 0.3) is 5.56 Å². The molecule has 2 aromatic carbocycles. The van der Waals surface area contributed by atoms with Gasteiger partial charge < -0.3 is 10.1 Å². The van der Waals surface area contributed by atoms with E-state index in [2.05, 4.69) is 10.4 Å². The van der Waals surface area contributed by atoms with Crippen molar-refractivity contribution in [3.63, 3.8) is 0 Å². The van der Waals surface area contributed by atoms with Crippen LogP contribution in [-0.2, 0) is 33.8 Å².